The van der Waals surface area contributed by atoms with E-state index in [1.165, 1.54) is 11.8 Å². The lowest BCUT2D eigenvalue weighted by atomic mass is 10.2. The van der Waals surface area contributed by atoms with Gasteiger partial charge in [0.2, 0.25) is 5.89 Å². The molecule has 0 atom stereocenters. The third kappa shape index (κ3) is 4.40. The van der Waals surface area contributed by atoms with Gasteiger partial charge in [-0.1, -0.05) is 42.1 Å². The summed E-state index contributed by atoms with van der Waals surface area (Å²) in [6.07, 6.45) is 3.20. The van der Waals surface area contributed by atoms with Gasteiger partial charge in [-0.25, -0.2) is 4.98 Å². The van der Waals surface area contributed by atoms with Crippen LogP contribution >= 0.6 is 11.8 Å². The first-order valence-corrected chi connectivity index (χ1v) is 9.98. The Kier molecular flexibility index (Phi) is 5.76. The number of benzene rings is 1. The van der Waals surface area contributed by atoms with Gasteiger partial charge < -0.3 is 13.6 Å². The molecule has 8 nitrogen and oxygen atoms in total. The molecule has 29 heavy (non-hydrogen) atoms. The minimum Gasteiger partial charge on any atom is -0.461 e. The zero-order chi connectivity index (χ0) is 20.1. The van der Waals surface area contributed by atoms with E-state index in [9.17, 15) is 4.79 Å². The molecule has 0 aliphatic heterocycles. The van der Waals surface area contributed by atoms with Crippen LogP contribution < -0.4 is 0 Å². The Balaban J connectivity index is 1.32. The second kappa shape index (κ2) is 8.78. The molecule has 4 rings (SSSR count). The van der Waals surface area contributed by atoms with Crippen LogP contribution in [0, 0.1) is 0 Å². The van der Waals surface area contributed by atoms with Crippen molar-refractivity contribution in [2.75, 3.05) is 5.75 Å². The minimum absolute atomic E-state index is 0.0235. The van der Waals surface area contributed by atoms with Crippen LogP contribution in [0.25, 0.3) is 22.9 Å². The molecule has 0 aliphatic carbocycles. The average Bonchev–Trinajstić information content (AvgIpc) is 3.51. The van der Waals surface area contributed by atoms with Crippen molar-refractivity contribution in [1.29, 1.82) is 0 Å². The molecule has 3 aromatic heterocycles. The van der Waals surface area contributed by atoms with Crippen molar-refractivity contribution in [2.45, 2.75) is 25.2 Å². The van der Waals surface area contributed by atoms with Gasteiger partial charge in [0.1, 0.15) is 0 Å². The second-order valence-electron chi connectivity index (χ2n) is 5.96. The van der Waals surface area contributed by atoms with Gasteiger partial charge in [-0.15, -0.1) is 10.2 Å². The molecule has 0 spiro atoms. The standard InChI is InChI=1S/C20H18N4O4S/c1-2-24-19(15-9-6-10-26-15)22-23-20(24)29-13-18(25)27-12-17-21-11-16(28-17)14-7-4-3-5-8-14/h3-11H,2,12-13H2,1H3. The lowest BCUT2D eigenvalue weighted by Crippen LogP contribution is -2.08. The van der Waals surface area contributed by atoms with Crippen LogP contribution in [0.15, 0.2) is 68.9 Å². The Labute approximate surface area is 170 Å². The average molecular weight is 410 g/mol. The Morgan fingerprint density at radius 3 is 2.76 bits per heavy atom. The number of esters is 1. The number of nitrogens with zero attached hydrogens (tertiary/aromatic N) is 4. The summed E-state index contributed by atoms with van der Waals surface area (Å²) < 4.78 is 18.2. The molecule has 0 amide bonds. The molecule has 0 N–H and O–H groups in total. The number of oxazole rings is 1. The summed E-state index contributed by atoms with van der Waals surface area (Å²) >= 11 is 1.26. The van der Waals surface area contributed by atoms with E-state index >= 15 is 0 Å². The first-order chi connectivity index (χ1) is 14.2. The topological polar surface area (TPSA) is 96.2 Å². The van der Waals surface area contributed by atoms with Crippen LogP contribution in [0.5, 0.6) is 0 Å². The van der Waals surface area contributed by atoms with E-state index in [2.05, 4.69) is 15.2 Å². The number of rotatable bonds is 8. The molecule has 0 aliphatic rings. The molecule has 148 valence electrons. The monoisotopic (exact) mass is 410 g/mol. The SMILES string of the molecule is CCn1c(SCC(=O)OCc2ncc(-c3ccccc3)o2)nnc1-c1ccco1. The summed E-state index contributed by atoms with van der Waals surface area (Å²) in [6, 6.07) is 13.2. The number of carbonyl (C=O) groups excluding carboxylic acids is 1. The highest BCUT2D eigenvalue weighted by molar-refractivity contribution is 7.99. The van der Waals surface area contributed by atoms with E-state index in [-0.39, 0.29) is 18.3 Å². The number of ether oxygens (including phenoxy) is 1. The summed E-state index contributed by atoms with van der Waals surface area (Å²) in [5.41, 5.74) is 0.916. The summed E-state index contributed by atoms with van der Waals surface area (Å²) in [5.74, 6) is 1.95. The van der Waals surface area contributed by atoms with Crippen LogP contribution in [0.1, 0.15) is 12.8 Å². The molecule has 0 unspecified atom stereocenters. The third-order valence-electron chi connectivity index (χ3n) is 4.06. The summed E-state index contributed by atoms with van der Waals surface area (Å²) in [7, 11) is 0. The fraction of sp³-hybridized carbons (Fsp3) is 0.200. The molecule has 4 aromatic rings. The van der Waals surface area contributed by atoms with Gasteiger partial charge in [0.25, 0.3) is 0 Å². The normalized spacial score (nSPS) is 10.9. The van der Waals surface area contributed by atoms with E-state index in [0.717, 1.165) is 5.56 Å². The van der Waals surface area contributed by atoms with Crippen LogP contribution in [-0.4, -0.2) is 31.5 Å². The Hall–Kier alpha value is -3.33. The Morgan fingerprint density at radius 1 is 1.14 bits per heavy atom. The number of hydrogen-bond acceptors (Lipinski definition) is 8. The molecule has 0 fully saturated rings. The highest BCUT2D eigenvalue weighted by Gasteiger charge is 2.17. The van der Waals surface area contributed by atoms with Crippen molar-refractivity contribution in [3.05, 3.63) is 60.8 Å². The van der Waals surface area contributed by atoms with E-state index in [1.54, 1.807) is 18.5 Å². The van der Waals surface area contributed by atoms with Crippen LogP contribution in [0.3, 0.4) is 0 Å². The number of thioether (sulfide) groups is 1. The number of aromatic nitrogens is 4. The van der Waals surface area contributed by atoms with E-state index in [4.69, 9.17) is 13.6 Å². The maximum atomic E-state index is 12.1. The van der Waals surface area contributed by atoms with Crippen LogP contribution in [-0.2, 0) is 22.7 Å². The van der Waals surface area contributed by atoms with Crippen molar-refractivity contribution in [1.82, 2.24) is 19.7 Å². The molecule has 0 bridgehead atoms. The highest BCUT2D eigenvalue weighted by Crippen LogP contribution is 2.24. The Bertz CT molecular complexity index is 1070. The zero-order valence-corrected chi connectivity index (χ0v) is 16.5. The molecular weight excluding hydrogens is 392 g/mol. The summed E-state index contributed by atoms with van der Waals surface area (Å²) in [4.78, 5) is 16.3. The van der Waals surface area contributed by atoms with Crippen molar-refractivity contribution in [3.63, 3.8) is 0 Å². The van der Waals surface area contributed by atoms with Crippen molar-refractivity contribution < 1.29 is 18.4 Å². The van der Waals surface area contributed by atoms with Gasteiger partial charge in [0.15, 0.2) is 29.1 Å². The number of carbonyl (C=O) groups is 1. The zero-order valence-electron chi connectivity index (χ0n) is 15.6. The van der Waals surface area contributed by atoms with Gasteiger partial charge in [0, 0.05) is 12.1 Å². The molecule has 0 saturated heterocycles. The smallest absolute Gasteiger partial charge is 0.316 e. The largest absolute Gasteiger partial charge is 0.461 e. The fourth-order valence-corrected chi connectivity index (χ4v) is 3.49. The summed E-state index contributed by atoms with van der Waals surface area (Å²) in [6.45, 7) is 2.61. The molecule has 3 heterocycles. The maximum Gasteiger partial charge on any atom is 0.316 e. The quantitative estimate of drug-likeness (QED) is 0.317. The predicted octanol–water partition coefficient (Wildman–Crippen LogP) is 4.05. The van der Waals surface area contributed by atoms with Crippen LogP contribution in [0.4, 0.5) is 0 Å². The van der Waals surface area contributed by atoms with Gasteiger partial charge >= 0.3 is 5.97 Å². The predicted molar refractivity (Wildman–Crippen MR) is 106 cm³/mol. The van der Waals surface area contributed by atoms with Gasteiger partial charge in [0.05, 0.1) is 18.2 Å². The van der Waals surface area contributed by atoms with Crippen molar-refractivity contribution >= 4 is 17.7 Å². The van der Waals surface area contributed by atoms with E-state index in [0.29, 0.717) is 34.9 Å². The van der Waals surface area contributed by atoms with Gasteiger partial charge in [-0.2, -0.15) is 0 Å². The van der Waals surface area contributed by atoms with Crippen LogP contribution in [0.2, 0.25) is 0 Å². The molecular formula is C20H18N4O4S. The molecule has 0 radical (unpaired) electrons. The van der Waals surface area contributed by atoms with Crippen molar-refractivity contribution in [3.8, 4) is 22.9 Å². The van der Waals surface area contributed by atoms with Gasteiger partial charge in [-0.05, 0) is 19.1 Å². The number of furan rings is 1. The highest BCUT2D eigenvalue weighted by atomic mass is 32.2. The second-order valence-corrected chi connectivity index (χ2v) is 6.90. The van der Waals surface area contributed by atoms with Gasteiger partial charge in [-0.3, -0.25) is 9.36 Å². The fourth-order valence-electron chi connectivity index (χ4n) is 2.69. The van der Waals surface area contributed by atoms with E-state index < -0.39 is 0 Å². The Morgan fingerprint density at radius 2 is 2.00 bits per heavy atom. The minimum atomic E-state index is -0.389. The maximum absolute atomic E-state index is 12.1. The van der Waals surface area contributed by atoms with Crippen molar-refractivity contribution in [2.24, 2.45) is 0 Å². The lowest BCUT2D eigenvalue weighted by Gasteiger charge is -2.05. The van der Waals surface area contributed by atoms with E-state index in [1.807, 2.05) is 47.9 Å². The number of hydrogen-bond donors (Lipinski definition) is 0. The molecule has 9 heteroatoms. The summed E-state index contributed by atoms with van der Waals surface area (Å²) in [5, 5.41) is 8.92. The molecule has 0 saturated carbocycles. The lowest BCUT2D eigenvalue weighted by molar-refractivity contribution is -0.142. The first-order valence-electron chi connectivity index (χ1n) is 9.00. The third-order valence-corrected chi connectivity index (χ3v) is 5.00. The molecule has 1 aromatic carbocycles. The first kappa shape index (κ1) is 19.0.